The van der Waals surface area contributed by atoms with Crippen LogP contribution in [-0.2, 0) is 14.3 Å². The highest BCUT2D eigenvalue weighted by Gasteiger charge is 2.23. The molecule has 4 nitrogen and oxygen atoms in total. The molecule has 1 atom stereocenters. The molecule has 1 fully saturated rings. The van der Waals surface area contributed by atoms with Crippen LogP contribution < -0.4 is 0 Å². The molecule has 0 bridgehead atoms. The molecular weight excluding hydrogens is 292 g/mol. The van der Waals surface area contributed by atoms with E-state index in [1.165, 1.54) is 0 Å². The zero-order valence-corrected chi connectivity index (χ0v) is 12.7. The Morgan fingerprint density at radius 1 is 1.04 bits per heavy atom. The van der Waals surface area contributed by atoms with E-state index in [4.69, 9.17) is 4.74 Å². The molecule has 1 aliphatic rings. The topological polar surface area (TPSA) is 55.9 Å². The van der Waals surface area contributed by atoms with Gasteiger partial charge in [-0.05, 0) is 0 Å². The molecule has 23 heavy (non-hydrogen) atoms. The molecule has 0 N–H and O–H groups in total. The van der Waals surface area contributed by atoms with Gasteiger partial charge in [0.15, 0.2) is 5.78 Å². The second-order valence-corrected chi connectivity index (χ2v) is 4.85. The van der Waals surface area contributed by atoms with Gasteiger partial charge in [-0.2, -0.15) is 0 Å². The van der Waals surface area contributed by atoms with Crippen LogP contribution in [-0.4, -0.2) is 31.1 Å². The summed E-state index contributed by atoms with van der Waals surface area (Å²) < 4.78 is 9.42. The Balaban J connectivity index is 0.000000185. The van der Waals surface area contributed by atoms with Crippen molar-refractivity contribution in [1.29, 1.82) is 0 Å². The van der Waals surface area contributed by atoms with E-state index in [1.807, 2.05) is 60.7 Å². The Bertz CT molecular complexity index is 604. The second-order valence-electron chi connectivity index (χ2n) is 4.85. The van der Waals surface area contributed by atoms with Gasteiger partial charge >= 0.3 is 5.97 Å². The predicted molar refractivity (Wildman–Crippen MR) is 87.2 cm³/mol. The second kappa shape index (κ2) is 8.66. The lowest BCUT2D eigenvalue weighted by Gasteiger charge is -1.99. The van der Waals surface area contributed by atoms with Crippen LogP contribution in [0.4, 0.5) is 0 Å². The van der Waals surface area contributed by atoms with Crippen molar-refractivity contribution < 1.29 is 19.1 Å². The molecule has 118 valence electrons. The first-order chi connectivity index (χ1) is 11.2. The fraction of sp³-hybridized carbons (Fsp3) is 0.158. The van der Waals surface area contributed by atoms with Crippen LogP contribution in [0.2, 0.25) is 0 Å². The Morgan fingerprint density at radius 2 is 1.52 bits per heavy atom. The lowest BCUT2D eigenvalue weighted by Crippen LogP contribution is -2.06. The number of hydrogen-bond acceptors (Lipinski definition) is 4. The van der Waals surface area contributed by atoms with Gasteiger partial charge in [-0.1, -0.05) is 67.2 Å². The van der Waals surface area contributed by atoms with Crippen LogP contribution >= 0.6 is 0 Å². The fourth-order valence-corrected chi connectivity index (χ4v) is 1.74. The van der Waals surface area contributed by atoms with Crippen molar-refractivity contribution in [3.8, 4) is 0 Å². The van der Waals surface area contributed by atoms with Crippen LogP contribution in [0.5, 0.6) is 0 Å². The average molecular weight is 310 g/mol. The van der Waals surface area contributed by atoms with E-state index in [0.717, 1.165) is 17.2 Å². The zero-order chi connectivity index (χ0) is 16.5. The van der Waals surface area contributed by atoms with E-state index in [-0.39, 0.29) is 17.9 Å². The van der Waals surface area contributed by atoms with E-state index < -0.39 is 0 Å². The Labute approximate surface area is 135 Å². The van der Waals surface area contributed by atoms with Crippen molar-refractivity contribution in [3.05, 3.63) is 84.4 Å². The van der Waals surface area contributed by atoms with Gasteiger partial charge in [0.2, 0.25) is 0 Å². The molecular formula is C19H18O4. The lowest BCUT2D eigenvalue weighted by atomic mass is 10.0. The summed E-state index contributed by atoms with van der Waals surface area (Å²) in [6.45, 7) is 4.32. The molecule has 2 aromatic rings. The fourth-order valence-electron chi connectivity index (χ4n) is 1.74. The van der Waals surface area contributed by atoms with Gasteiger partial charge in [0, 0.05) is 17.2 Å². The number of carbonyl (C=O) groups is 2. The molecule has 0 spiro atoms. The SMILES string of the molecule is C=CC(=O)OCC1CO1.O=C(c1ccccc1)c1ccccc1. The summed E-state index contributed by atoms with van der Waals surface area (Å²) in [5, 5.41) is 0. The number of ether oxygens (including phenoxy) is 2. The summed E-state index contributed by atoms with van der Waals surface area (Å²) in [6, 6.07) is 18.6. The number of benzene rings is 2. The summed E-state index contributed by atoms with van der Waals surface area (Å²) in [6.07, 6.45) is 1.29. The first kappa shape index (κ1) is 16.6. The van der Waals surface area contributed by atoms with E-state index in [9.17, 15) is 9.59 Å². The molecule has 1 aliphatic heterocycles. The highest BCUT2D eigenvalue weighted by molar-refractivity contribution is 6.08. The van der Waals surface area contributed by atoms with Crippen molar-refractivity contribution in [2.75, 3.05) is 13.2 Å². The molecule has 0 amide bonds. The molecule has 0 aliphatic carbocycles. The van der Waals surface area contributed by atoms with Gasteiger partial charge < -0.3 is 9.47 Å². The van der Waals surface area contributed by atoms with Crippen molar-refractivity contribution in [2.24, 2.45) is 0 Å². The van der Waals surface area contributed by atoms with Crippen molar-refractivity contribution >= 4 is 11.8 Å². The summed E-state index contributed by atoms with van der Waals surface area (Å²) in [5.74, 6) is -0.309. The Kier molecular flexibility index (Phi) is 6.27. The van der Waals surface area contributed by atoms with Crippen LogP contribution in [0.25, 0.3) is 0 Å². The monoisotopic (exact) mass is 310 g/mol. The van der Waals surface area contributed by atoms with E-state index in [1.54, 1.807) is 0 Å². The van der Waals surface area contributed by atoms with Gasteiger partial charge in [0.1, 0.15) is 12.7 Å². The van der Waals surface area contributed by atoms with Crippen LogP contribution in [0, 0.1) is 0 Å². The smallest absolute Gasteiger partial charge is 0.330 e. The van der Waals surface area contributed by atoms with E-state index >= 15 is 0 Å². The van der Waals surface area contributed by atoms with Crippen molar-refractivity contribution in [1.82, 2.24) is 0 Å². The zero-order valence-electron chi connectivity index (χ0n) is 12.7. The van der Waals surface area contributed by atoms with E-state index in [2.05, 4.69) is 11.3 Å². The molecule has 0 saturated carbocycles. The number of hydrogen-bond donors (Lipinski definition) is 0. The van der Waals surface area contributed by atoms with Gasteiger partial charge in [0.05, 0.1) is 6.61 Å². The predicted octanol–water partition coefficient (Wildman–Crippen LogP) is 3.03. The highest BCUT2D eigenvalue weighted by atomic mass is 16.6. The van der Waals surface area contributed by atoms with Crippen LogP contribution in [0.15, 0.2) is 73.3 Å². The first-order valence-corrected chi connectivity index (χ1v) is 7.26. The quantitative estimate of drug-likeness (QED) is 0.369. The standard InChI is InChI=1S/C13H10O.C6H8O3/c14-13(11-7-3-1-4-8-11)12-9-5-2-6-10-12;1-2-6(7)9-4-5-3-8-5/h1-10H;2,5H,1,3-4H2. The minimum atomic E-state index is -0.384. The molecule has 0 radical (unpaired) electrons. The van der Waals surface area contributed by atoms with Crippen LogP contribution in [0.1, 0.15) is 15.9 Å². The largest absolute Gasteiger partial charge is 0.460 e. The number of carbonyl (C=O) groups excluding carboxylic acids is 2. The Morgan fingerprint density at radius 3 is 1.91 bits per heavy atom. The molecule has 2 aromatic carbocycles. The number of epoxide rings is 1. The molecule has 0 aromatic heterocycles. The Hall–Kier alpha value is -2.72. The molecule has 3 rings (SSSR count). The maximum atomic E-state index is 11.8. The number of rotatable bonds is 5. The van der Waals surface area contributed by atoms with Gasteiger partial charge in [0.25, 0.3) is 0 Å². The lowest BCUT2D eigenvalue weighted by molar-refractivity contribution is -0.138. The normalized spacial score (nSPS) is 14.9. The maximum absolute atomic E-state index is 11.8. The number of esters is 1. The minimum Gasteiger partial charge on any atom is -0.460 e. The highest BCUT2D eigenvalue weighted by Crippen LogP contribution is 2.09. The minimum absolute atomic E-state index is 0.0752. The summed E-state index contributed by atoms with van der Waals surface area (Å²) in [7, 11) is 0. The molecule has 1 unspecified atom stereocenters. The third-order valence-electron chi connectivity index (χ3n) is 3.05. The van der Waals surface area contributed by atoms with Crippen LogP contribution in [0.3, 0.4) is 0 Å². The van der Waals surface area contributed by atoms with Gasteiger partial charge in [-0.3, -0.25) is 4.79 Å². The van der Waals surface area contributed by atoms with Crippen molar-refractivity contribution in [2.45, 2.75) is 6.10 Å². The summed E-state index contributed by atoms with van der Waals surface area (Å²) in [5.41, 5.74) is 1.47. The summed E-state index contributed by atoms with van der Waals surface area (Å²) in [4.78, 5) is 22.2. The molecule has 4 heteroatoms. The van der Waals surface area contributed by atoms with E-state index in [0.29, 0.717) is 13.2 Å². The van der Waals surface area contributed by atoms with Gasteiger partial charge in [-0.15, -0.1) is 0 Å². The van der Waals surface area contributed by atoms with Gasteiger partial charge in [-0.25, -0.2) is 4.79 Å². The third kappa shape index (κ3) is 5.88. The third-order valence-corrected chi connectivity index (χ3v) is 3.05. The summed E-state index contributed by atoms with van der Waals surface area (Å²) >= 11 is 0. The first-order valence-electron chi connectivity index (χ1n) is 7.26. The van der Waals surface area contributed by atoms with Crippen molar-refractivity contribution in [3.63, 3.8) is 0 Å². The maximum Gasteiger partial charge on any atom is 0.330 e. The molecule has 1 heterocycles. The average Bonchev–Trinajstić information content (AvgIpc) is 3.45. The molecule has 1 saturated heterocycles. The number of ketones is 1.